The highest BCUT2D eigenvalue weighted by molar-refractivity contribution is 6.16. The third-order valence-electron chi connectivity index (χ3n) is 2.08. The number of hydrogen-bond donors (Lipinski definition) is 1. The third-order valence-corrected chi connectivity index (χ3v) is 2.32. The Morgan fingerprint density at radius 2 is 2.00 bits per heavy atom. The van der Waals surface area contributed by atoms with Crippen molar-refractivity contribution >= 4 is 17.5 Å². The van der Waals surface area contributed by atoms with E-state index < -0.39 is 5.91 Å². The number of halogens is 1. The maximum Gasteiger partial charge on any atom is 0.287 e. The minimum Gasteiger partial charge on any atom is -0.363 e. The Kier molecular flexibility index (Phi) is 2.87. The number of nitrogens with zero attached hydrogens (tertiary/aromatic N) is 3. The Morgan fingerprint density at radius 1 is 1.31 bits per heavy atom. The SMILES string of the molecule is NC(=O)c1nnc(CCl)n1-c1ccccc1. The van der Waals surface area contributed by atoms with Gasteiger partial charge in [0, 0.05) is 5.69 Å². The molecule has 0 saturated carbocycles. The summed E-state index contributed by atoms with van der Waals surface area (Å²) < 4.78 is 1.55. The highest BCUT2D eigenvalue weighted by atomic mass is 35.5. The molecule has 0 atom stereocenters. The van der Waals surface area contributed by atoms with Crippen molar-refractivity contribution in [2.24, 2.45) is 5.73 Å². The van der Waals surface area contributed by atoms with E-state index in [1.54, 1.807) is 4.57 Å². The molecule has 1 aromatic carbocycles. The lowest BCUT2D eigenvalue weighted by molar-refractivity contribution is 0.0988. The molecule has 0 radical (unpaired) electrons. The van der Waals surface area contributed by atoms with Crippen LogP contribution in [-0.4, -0.2) is 20.7 Å². The van der Waals surface area contributed by atoms with E-state index in [9.17, 15) is 4.79 Å². The molecule has 1 amide bonds. The summed E-state index contributed by atoms with van der Waals surface area (Å²) in [7, 11) is 0. The van der Waals surface area contributed by atoms with Crippen LogP contribution < -0.4 is 5.73 Å². The molecule has 0 spiro atoms. The van der Waals surface area contributed by atoms with Crippen LogP contribution in [0.15, 0.2) is 30.3 Å². The van der Waals surface area contributed by atoms with Crippen LogP contribution in [0, 0.1) is 0 Å². The summed E-state index contributed by atoms with van der Waals surface area (Å²) in [4.78, 5) is 11.2. The van der Waals surface area contributed by atoms with Crippen molar-refractivity contribution in [3.05, 3.63) is 42.0 Å². The molecule has 2 rings (SSSR count). The molecule has 0 saturated heterocycles. The molecule has 0 aliphatic rings. The molecule has 6 heteroatoms. The number of amides is 1. The molecule has 0 unspecified atom stereocenters. The Bertz CT molecular complexity index is 509. The maximum absolute atomic E-state index is 11.2. The lowest BCUT2D eigenvalue weighted by atomic mass is 10.3. The Labute approximate surface area is 96.8 Å². The van der Waals surface area contributed by atoms with E-state index in [1.165, 1.54) is 0 Å². The van der Waals surface area contributed by atoms with Gasteiger partial charge in [-0.05, 0) is 12.1 Å². The summed E-state index contributed by atoms with van der Waals surface area (Å²) in [5.41, 5.74) is 5.98. The van der Waals surface area contributed by atoms with Gasteiger partial charge < -0.3 is 5.73 Å². The topological polar surface area (TPSA) is 73.8 Å². The van der Waals surface area contributed by atoms with E-state index in [0.29, 0.717) is 5.82 Å². The van der Waals surface area contributed by atoms with E-state index in [-0.39, 0.29) is 11.7 Å². The van der Waals surface area contributed by atoms with Crippen molar-refractivity contribution < 1.29 is 4.79 Å². The lowest BCUT2D eigenvalue weighted by Gasteiger charge is -2.06. The molecule has 1 heterocycles. The first-order chi connectivity index (χ1) is 7.74. The second kappa shape index (κ2) is 4.32. The minimum atomic E-state index is -0.632. The molecule has 0 aliphatic carbocycles. The van der Waals surface area contributed by atoms with E-state index >= 15 is 0 Å². The number of alkyl halides is 1. The fraction of sp³-hybridized carbons (Fsp3) is 0.100. The fourth-order valence-corrected chi connectivity index (χ4v) is 1.58. The van der Waals surface area contributed by atoms with Gasteiger partial charge in [0.15, 0.2) is 5.82 Å². The van der Waals surface area contributed by atoms with E-state index in [2.05, 4.69) is 10.2 Å². The maximum atomic E-state index is 11.2. The molecule has 0 bridgehead atoms. The Hall–Kier alpha value is -1.88. The molecule has 16 heavy (non-hydrogen) atoms. The molecular weight excluding hydrogens is 228 g/mol. The van der Waals surface area contributed by atoms with E-state index in [1.807, 2.05) is 30.3 Å². The number of hydrogen-bond acceptors (Lipinski definition) is 3. The summed E-state index contributed by atoms with van der Waals surface area (Å²) in [6.07, 6.45) is 0. The fourth-order valence-electron chi connectivity index (χ4n) is 1.41. The zero-order valence-electron chi connectivity index (χ0n) is 8.30. The summed E-state index contributed by atoms with van der Waals surface area (Å²) in [5.74, 6) is 0.103. The van der Waals surface area contributed by atoms with Crippen molar-refractivity contribution in [3.8, 4) is 5.69 Å². The first-order valence-corrected chi connectivity index (χ1v) is 5.13. The van der Waals surface area contributed by atoms with Gasteiger partial charge in [-0.3, -0.25) is 9.36 Å². The van der Waals surface area contributed by atoms with Crippen LogP contribution in [0.4, 0.5) is 0 Å². The molecular formula is C10H9ClN4O. The zero-order chi connectivity index (χ0) is 11.5. The van der Waals surface area contributed by atoms with Crippen molar-refractivity contribution in [3.63, 3.8) is 0 Å². The van der Waals surface area contributed by atoms with Gasteiger partial charge in [-0.15, -0.1) is 21.8 Å². The zero-order valence-corrected chi connectivity index (χ0v) is 9.05. The number of nitrogens with two attached hydrogens (primary N) is 1. The third kappa shape index (κ3) is 1.77. The number of benzene rings is 1. The van der Waals surface area contributed by atoms with Gasteiger partial charge in [0.05, 0.1) is 5.88 Å². The van der Waals surface area contributed by atoms with Crippen molar-refractivity contribution in [2.45, 2.75) is 5.88 Å². The highest BCUT2D eigenvalue weighted by Crippen LogP contribution is 2.13. The van der Waals surface area contributed by atoms with E-state index in [0.717, 1.165) is 5.69 Å². The summed E-state index contributed by atoms with van der Waals surface area (Å²) in [6.45, 7) is 0. The molecule has 82 valence electrons. The Balaban J connectivity index is 2.62. The van der Waals surface area contributed by atoms with Gasteiger partial charge in [-0.2, -0.15) is 0 Å². The second-order valence-electron chi connectivity index (χ2n) is 3.11. The van der Waals surface area contributed by atoms with Crippen LogP contribution in [-0.2, 0) is 5.88 Å². The van der Waals surface area contributed by atoms with Gasteiger partial charge >= 0.3 is 0 Å². The van der Waals surface area contributed by atoms with Gasteiger partial charge in [-0.25, -0.2) is 0 Å². The molecule has 2 N–H and O–H groups in total. The molecule has 0 aliphatic heterocycles. The number of carbonyl (C=O) groups is 1. The first kappa shape index (κ1) is 10.6. The van der Waals surface area contributed by atoms with E-state index in [4.69, 9.17) is 17.3 Å². The number of primary amides is 1. The average molecular weight is 237 g/mol. The van der Waals surface area contributed by atoms with Crippen LogP contribution in [0.3, 0.4) is 0 Å². The highest BCUT2D eigenvalue weighted by Gasteiger charge is 2.16. The number of aromatic nitrogens is 3. The monoisotopic (exact) mass is 236 g/mol. The van der Waals surface area contributed by atoms with Crippen LogP contribution in [0.2, 0.25) is 0 Å². The molecule has 5 nitrogen and oxygen atoms in total. The van der Waals surface area contributed by atoms with Gasteiger partial charge in [0.2, 0.25) is 5.82 Å². The van der Waals surface area contributed by atoms with Gasteiger partial charge in [-0.1, -0.05) is 18.2 Å². The normalized spacial score (nSPS) is 10.3. The van der Waals surface area contributed by atoms with Crippen molar-refractivity contribution in [2.75, 3.05) is 0 Å². The van der Waals surface area contributed by atoms with Gasteiger partial charge in [0.1, 0.15) is 0 Å². The summed E-state index contributed by atoms with van der Waals surface area (Å²) in [6, 6.07) is 9.21. The number of para-hydroxylation sites is 1. The predicted molar refractivity (Wildman–Crippen MR) is 59.4 cm³/mol. The van der Waals surface area contributed by atoms with Crippen LogP contribution in [0.5, 0.6) is 0 Å². The standard InChI is InChI=1S/C10H9ClN4O/c11-6-8-13-14-10(9(12)16)15(8)7-4-2-1-3-5-7/h1-5H,6H2,(H2,12,16). The first-order valence-electron chi connectivity index (χ1n) is 4.59. The smallest absolute Gasteiger partial charge is 0.287 e. The predicted octanol–water partition coefficient (Wildman–Crippen LogP) is 1.10. The molecule has 1 aromatic heterocycles. The summed E-state index contributed by atoms with van der Waals surface area (Å²) >= 11 is 5.72. The van der Waals surface area contributed by atoms with Crippen LogP contribution in [0.25, 0.3) is 5.69 Å². The summed E-state index contributed by atoms with van der Waals surface area (Å²) in [5, 5.41) is 7.53. The molecule has 0 fully saturated rings. The quantitative estimate of drug-likeness (QED) is 0.812. The largest absolute Gasteiger partial charge is 0.363 e. The lowest BCUT2D eigenvalue weighted by Crippen LogP contribution is -2.18. The van der Waals surface area contributed by atoms with Crippen molar-refractivity contribution in [1.82, 2.24) is 14.8 Å². The minimum absolute atomic E-state index is 0.0850. The second-order valence-corrected chi connectivity index (χ2v) is 3.38. The van der Waals surface area contributed by atoms with Crippen molar-refractivity contribution in [1.29, 1.82) is 0 Å². The Morgan fingerprint density at radius 3 is 2.56 bits per heavy atom. The molecule has 2 aromatic rings. The number of carbonyl (C=O) groups excluding carboxylic acids is 1. The van der Waals surface area contributed by atoms with Crippen LogP contribution >= 0.6 is 11.6 Å². The van der Waals surface area contributed by atoms with Crippen LogP contribution in [0.1, 0.15) is 16.4 Å². The van der Waals surface area contributed by atoms with Gasteiger partial charge in [0.25, 0.3) is 5.91 Å². The average Bonchev–Trinajstić information content (AvgIpc) is 2.73. The number of rotatable bonds is 3.